The number of benzene rings is 1. The van der Waals surface area contributed by atoms with Gasteiger partial charge in [0.1, 0.15) is 0 Å². The first kappa shape index (κ1) is 12.1. The van der Waals surface area contributed by atoms with Crippen molar-refractivity contribution in [3.63, 3.8) is 0 Å². The van der Waals surface area contributed by atoms with E-state index in [2.05, 4.69) is 0 Å². The van der Waals surface area contributed by atoms with E-state index in [4.69, 9.17) is 5.73 Å². The molecule has 94 valence electrons. The highest BCUT2D eigenvalue weighted by molar-refractivity contribution is 5.59. The van der Waals surface area contributed by atoms with Crippen LogP contribution in [0.1, 0.15) is 24.8 Å². The Morgan fingerprint density at radius 1 is 1.29 bits per heavy atom. The van der Waals surface area contributed by atoms with Crippen LogP contribution < -0.4 is 10.6 Å². The molecule has 1 saturated carbocycles. The Bertz CT molecular complexity index is 411. The molecule has 17 heavy (non-hydrogen) atoms. The van der Waals surface area contributed by atoms with Gasteiger partial charge in [-0.05, 0) is 37.5 Å². The van der Waals surface area contributed by atoms with Crippen LogP contribution in [-0.2, 0) is 6.18 Å². The molecule has 0 atom stereocenters. The van der Waals surface area contributed by atoms with Crippen molar-refractivity contribution in [2.75, 3.05) is 17.7 Å². The first-order valence-corrected chi connectivity index (χ1v) is 5.59. The number of nitrogens with zero attached hydrogens (tertiary/aromatic N) is 1. The molecule has 1 aliphatic carbocycles. The number of halogens is 3. The van der Waals surface area contributed by atoms with Crippen LogP contribution in [0.15, 0.2) is 18.2 Å². The lowest BCUT2D eigenvalue weighted by molar-refractivity contribution is -0.136. The van der Waals surface area contributed by atoms with E-state index in [9.17, 15) is 13.2 Å². The fraction of sp³-hybridized carbons (Fsp3) is 0.500. The maximum Gasteiger partial charge on any atom is 0.418 e. The van der Waals surface area contributed by atoms with Gasteiger partial charge in [-0.15, -0.1) is 0 Å². The third kappa shape index (κ3) is 2.33. The van der Waals surface area contributed by atoms with E-state index in [0.29, 0.717) is 11.7 Å². The third-order valence-electron chi connectivity index (χ3n) is 3.37. The standard InChI is InChI=1S/C12H15F3N2/c1-17(8-3-2-4-8)9-5-6-11(16)10(7-9)12(13,14)15/h5-8H,2-4,16H2,1H3. The van der Waals surface area contributed by atoms with Crippen molar-refractivity contribution >= 4 is 11.4 Å². The highest BCUT2D eigenvalue weighted by Gasteiger charge is 2.34. The van der Waals surface area contributed by atoms with E-state index < -0.39 is 11.7 Å². The molecule has 0 aliphatic heterocycles. The van der Waals surface area contributed by atoms with Gasteiger partial charge in [-0.1, -0.05) is 0 Å². The molecule has 1 aromatic carbocycles. The zero-order valence-electron chi connectivity index (χ0n) is 9.59. The monoisotopic (exact) mass is 244 g/mol. The molecule has 0 unspecified atom stereocenters. The Kier molecular flexibility index (Phi) is 2.93. The van der Waals surface area contributed by atoms with Crippen molar-refractivity contribution < 1.29 is 13.2 Å². The average Bonchev–Trinajstić information content (AvgIpc) is 2.13. The summed E-state index contributed by atoms with van der Waals surface area (Å²) in [5.74, 6) is 0. The normalized spacial score (nSPS) is 16.7. The molecule has 5 heteroatoms. The van der Waals surface area contributed by atoms with Crippen molar-refractivity contribution in [3.05, 3.63) is 23.8 Å². The number of nitrogens with two attached hydrogens (primary N) is 1. The number of anilines is 2. The summed E-state index contributed by atoms with van der Waals surface area (Å²) in [4.78, 5) is 1.90. The third-order valence-corrected chi connectivity index (χ3v) is 3.37. The van der Waals surface area contributed by atoms with Gasteiger partial charge in [-0.2, -0.15) is 13.2 Å². The van der Waals surface area contributed by atoms with Gasteiger partial charge in [0.25, 0.3) is 0 Å². The van der Waals surface area contributed by atoms with Crippen LogP contribution in [0.3, 0.4) is 0 Å². The van der Waals surface area contributed by atoms with E-state index in [0.717, 1.165) is 25.3 Å². The minimum atomic E-state index is -4.39. The summed E-state index contributed by atoms with van der Waals surface area (Å²) in [6, 6.07) is 4.46. The molecule has 0 heterocycles. The lowest BCUT2D eigenvalue weighted by atomic mass is 9.91. The molecule has 2 nitrogen and oxygen atoms in total. The topological polar surface area (TPSA) is 29.3 Å². The second kappa shape index (κ2) is 4.13. The molecule has 1 fully saturated rings. The summed E-state index contributed by atoms with van der Waals surface area (Å²) in [7, 11) is 1.83. The van der Waals surface area contributed by atoms with Crippen LogP contribution in [-0.4, -0.2) is 13.1 Å². The summed E-state index contributed by atoms with van der Waals surface area (Å²) in [5.41, 5.74) is 4.97. The van der Waals surface area contributed by atoms with E-state index in [1.807, 2.05) is 11.9 Å². The van der Waals surface area contributed by atoms with Crippen molar-refractivity contribution in [1.29, 1.82) is 0 Å². The predicted octanol–water partition coefficient (Wildman–Crippen LogP) is 3.28. The van der Waals surface area contributed by atoms with Crippen molar-refractivity contribution in [2.24, 2.45) is 0 Å². The van der Waals surface area contributed by atoms with Gasteiger partial charge in [0, 0.05) is 24.5 Å². The lowest BCUT2D eigenvalue weighted by Crippen LogP contribution is -2.37. The number of nitrogen functional groups attached to an aromatic ring is 1. The minimum Gasteiger partial charge on any atom is -0.398 e. The highest BCUT2D eigenvalue weighted by Crippen LogP contribution is 2.37. The van der Waals surface area contributed by atoms with Crippen LogP contribution >= 0.6 is 0 Å². The van der Waals surface area contributed by atoms with E-state index in [1.54, 1.807) is 6.07 Å². The van der Waals surface area contributed by atoms with Gasteiger partial charge in [0.2, 0.25) is 0 Å². The number of hydrogen-bond acceptors (Lipinski definition) is 2. The molecule has 0 amide bonds. The van der Waals surface area contributed by atoms with Crippen LogP contribution in [0.5, 0.6) is 0 Å². The van der Waals surface area contributed by atoms with Gasteiger partial charge in [-0.3, -0.25) is 0 Å². The second-order valence-electron chi connectivity index (χ2n) is 4.46. The van der Waals surface area contributed by atoms with Gasteiger partial charge in [0.15, 0.2) is 0 Å². The van der Waals surface area contributed by atoms with Crippen LogP contribution in [0.25, 0.3) is 0 Å². The Morgan fingerprint density at radius 3 is 2.41 bits per heavy atom. The van der Waals surface area contributed by atoms with Crippen molar-refractivity contribution in [3.8, 4) is 0 Å². The first-order valence-electron chi connectivity index (χ1n) is 5.59. The maximum absolute atomic E-state index is 12.7. The Morgan fingerprint density at radius 2 is 1.94 bits per heavy atom. The van der Waals surface area contributed by atoms with Crippen LogP contribution in [0, 0.1) is 0 Å². The van der Waals surface area contributed by atoms with Gasteiger partial charge < -0.3 is 10.6 Å². The summed E-state index contributed by atoms with van der Waals surface area (Å²) in [6.45, 7) is 0. The quantitative estimate of drug-likeness (QED) is 0.809. The van der Waals surface area contributed by atoms with Gasteiger partial charge >= 0.3 is 6.18 Å². The largest absolute Gasteiger partial charge is 0.418 e. The second-order valence-corrected chi connectivity index (χ2v) is 4.46. The van der Waals surface area contributed by atoms with E-state index in [-0.39, 0.29) is 5.69 Å². The van der Waals surface area contributed by atoms with Crippen LogP contribution in [0.2, 0.25) is 0 Å². The summed E-state index contributed by atoms with van der Waals surface area (Å²) in [6.07, 6.45) is -1.15. The Hall–Kier alpha value is -1.39. The van der Waals surface area contributed by atoms with Crippen LogP contribution in [0.4, 0.5) is 24.5 Å². The maximum atomic E-state index is 12.7. The zero-order valence-corrected chi connectivity index (χ0v) is 9.59. The summed E-state index contributed by atoms with van der Waals surface area (Å²) >= 11 is 0. The van der Waals surface area contributed by atoms with E-state index >= 15 is 0 Å². The minimum absolute atomic E-state index is 0.219. The summed E-state index contributed by atoms with van der Waals surface area (Å²) in [5, 5.41) is 0. The fourth-order valence-electron chi connectivity index (χ4n) is 1.99. The van der Waals surface area contributed by atoms with Crippen molar-refractivity contribution in [2.45, 2.75) is 31.5 Å². The number of hydrogen-bond donors (Lipinski definition) is 1. The van der Waals surface area contributed by atoms with Gasteiger partial charge in [-0.25, -0.2) is 0 Å². The lowest BCUT2D eigenvalue weighted by Gasteiger charge is -2.36. The Balaban J connectivity index is 2.30. The predicted molar refractivity (Wildman–Crippen MR) is 61.9 cm³/mol. The molecular weight excluding hydrogens is 229 g/mol. The molecule has 0 spiro atoms. The molecule has 0 aromatic heterocycles. The number of rotatable bonds is 2. The number of alkyl halides is 3. The first-order chi connectivity index (χ1) is 7.89. The smallest absolute Gasteiger partial charge is 0.398 e. The molecule has 1 aliphatic rings. The molecule has 0 saturated heterocycles. The molecular formula is C12H15F3N2. The molecule has 0 bridgehead atoms. The van der Waals surface area contributed by atoms with Gasteiger partial charge in [0.05, 0.1) is 5.56 Å². The van der Waals surface area contributed by atoms with Crippen molar-refractivity contribution in [1.82, 2.24) is 0 Å². The fourth-order valence-corrected chi connectivity index (χ4v) is 1.99. The Labute approximate surface area is 98.2 Å². The average molecular weight is 244 g/mol. The molecule has 0 radical (unpaired) electrons. The SMILES string of the molecule is CN(c1ccc(N)c(C(F)(F)F)c1)C1CCC1. The zero-order chi connectivity index (χ0) is 12.6. The molecule has 1 aromatic rings. The highest BCUT2D eigenvalue weighted by atomic mass is 19.4. The van der Waals surface area contributed by atoms with E-state index in [1.165, 1.54) is 6.07 Å². The molecule has 2 rings (SSSR count). The molecule has 2 N–H and O–H groups in total. The summed E-state index contributed by atoms with van der Waals surface area (Å²) < 4.78 is 38.1.